The fraction of sp³-hybridized carbons (Fsp3) is 0.565. The average molecular weight is 513 g/mol. The Kier molecular flexibility index (Phi) is 13.7. The summed E-state index contributed by atoms with van der Waals surface area (Å²) in [6, 6.07) is 5.16. The summed E-state index contributed by atoms with van der Waals surface area (Å²) in [5.74, 6) is -2.12. The van der Waals surface area contributed by atoms with E-state index in [9.17, 15) is 24.3 Å². The lowest BCUT2D eigenvalue weighted by molar-refractivity contribution is -0.141. The summed E-state index contributed by atoms with van der Waals surface area (Å²) in [4.78, 5) is 49.9. The Morgan fingerprint density at radius 1 is 0.971 bits per heavy atom. The van der Waals surface area contributed by atoms with Crippen LogP contribution in [0.4, 0.5) is 0 Å². The van der Waals surface area contributed by atoms with Crippen molar-refractivity contribution in [3.8, 4) is 0 Å². The molecule has 9 nitrogen and oxygen atoms in total. The maximum absolute atomic E-state index is 13.1. The monoisotopic (exact) mass is 512 g/mol. The van der Waals surface area contributed by atoms with Crippen LogP contribution in [0, 0.1) is 5.92 Å². The predicted molar refractivity (Wildman–Crippen MR) is 138 cm³/mol. The molecular formula is C23H36N4O5S2. The molecular weight excluding hydrogens is 476 g/mol. The van der Waals surface area contributed by atoms with Crippen LogP contribution < -0.4 is 21.7 Å². The highest BCUT2D eigenvalue weighted by Crippen LogP contribution is 2.08. The van der Waals surface area contributed by atoms with Crippen molar-refractivity contribution in [1.29, 1.82) is 0 Å². The van der Waals surface area contributed by atoms with Gasteiger partial charge in [-0.25, -0.2) is 4.79 Å². The van der Waals surface area contributed by atoms with Crippen molar-refractivity contribution < 1.29 is 24.3 Å². The number of rotatable bonds is 15. The Labute approximate surface area is 210 Å². The molecule has 11 heteroatoms. The van der Waals surface area contributed by atoms with Gasteiger partial charge >= 0.3 is 5.97 Å². The van der Waals surface area contributed by atoms with Gasteiger partial charge in [0.2, 0.25) is 17.7 Å². The first-order valence-electron chi connectivity index (χ1n) is 11.1. The number of hydrogen-bond donors (Lipinski definition) is 6. The zero-order chi connectivity index (χ0) is 25.7. The molecule has 0 radical (unpaired) electrons. The van der Waals surface area contributed by atoms with Crippen LogP contribution >= 0.6 is 24.4 Å². The third-order valence-corrected chi connectivity index (χ3v) is 6.03. The first-order valence-corrected chi connectivity index (χ1v) is 13.1. The van der Waals surface area contributed by atoms with Crippen molar-refractivity contribution in [3.63, 3.8) is 0 Å². The molecule has 190 valence electrons. The average Bonchev–Trinajstić information content (AvgIpc) is 2.79. The normalized spacial score (nSPS) is 14.5. The number of nitrogens with one attached hydrogen (secondary N) is 3. The maximum Gasteiger partial charge on any atom is 0.327 e. The lowest BCUT2D eigenvalue weighted by Gasteiger charge is -2.25. The number of amides is 3. The van der Waals surface area contributed by atoms with Crippen molar-refractivity contribution >= 4 is 48.1 Å². The van der Waals surface area contributed by atoms with E-state index in [0.717, 1.165) is 5.56 Å². The van der Waals surface area contributed by atoms with Gasteiger partial charge in [0.05, 0.1) is 6.04 Å². The summed E-state index contributed by atoms with van der Waals surface area (Å²) < 4.78 is 0. The number of benzene rings is 1. The SMILES string of the molecule is CSCCC(NC(=O)C(N)CC(C)C)C(=O)NC(Cc1ccccc1)C(=O)NC(CS)C(=O)O. The van der Waals surface area contributed by atoms with Gasteiger partial charge < -0.3 is 26.8 Å². The van der Waals surface area contributed by atoms with Gasteiger partial charge in [0.1, 0.15) is 18.1 Å². The molecule has 0 aliphatic heterocycles. The highest BCUT2D eigenvalue weighted by Gasteiger charge is 2.30. The van der Waals surface area contributed by atoms with E-state index < -0.39 is 47.9 Å². The second-order valence-electron chi connectivity index (χ2n) is 8.41. The molecule has 0 heterocycles. The molecule has 0 saturated carbocycles. The summed E-state index contributed by atoms with van der Waals surface area (Å²) in [7, 11) is 0. The highest BCUT2D eigenvalue weighted by molar-refractivity contribution is 7.98. The first kappa shape index (κ1) is 29.8. The molecule has 1 aromatic carbocycles. The van der Waals surface area contributed by atoms with E-state index in [1.807, 2.05) is 26.2 Å². The van der Waals surface area contributed by atoms with E-state index in [2.05, 4.69) is 28.6 Å². The van der Waals surface area contributed by atoms with Crippen molar-refractivity contribution in [1.82, 2.24) is 16.0 Å². The number of carbonyl (C=O) groups excluding carboxylic acids is 3. The minimum atomic E-state index is -1.22. The molecule has 0 saturated heterocycles. The number of carboxylic acid groups (broad SMARTS) is 1. The second-order valence-corrected chi connectivity index (χ2v) is 9.76. The standard InChI is InChI=1S/C23H36N4O5S2/c1-14(2)11-16(24)20(28)25-17(9-10-34-3)21(29)26-18(12-15-7-5-4-6-8-15)22(30)27-19(13-33)23(31)32/h4-8,14,16-19,33H,9-13,24H2,1-3H3,(H,25,28)(H,26,29)(H,27,30)(H,31,32). The third-order valence-electron chi connectivity index (χ3n) is 5.02. The minimum absolute atomic E-state index is 0.104. The molecule has 0 aliphatic carbocycles. The Balaban J connectivity index is 3.04. The van der Waals surface area contributed by atoms with Crippen LogP contribution in [0.25, 0.3) is 0 Å². The van der Waals surface area contributed by atoms with Gasteiger partial charge in [-0.1, -0.05) is 44.2 Å². The second kappa shape index (κ2) is 15.6. The molecule has 3 amide bonds. The molecule has 1 rings (SSSR count). The summed E-state index contributed by atoms with van der Waals surface area (Å²) in [5.41, 5.74) is 6.75. The summed E-state index contributed by atoms with van der Waals surface area (Å²) in [6.07, 6.45) is 2.85. The molecule has 6 N–H and O–H groups in total. The Bertz CT molecular complexity index is 810. The Morgan fingerprint density at radius 2 is 1.53 bits per heavy atom. The summed E-state index contributed by atoms with van der Waals surface area (Å²) >= 11 is 5.49. The maximum atomic E-state index is 13.1. The van der Waals surface area contributed by atoms with Crippen molar-refractivity contribution in [3.05, 3.63) is 35.9 Å². The molecule has 0 spiro atoms. The number of thioether (sulfide) groups is 1. The van der Waals surface area contributed by atoms with E-state index in [1.165, 1.54) is 11.8 Å². The third kappa shape index (κ3) is 10.8. The Hall–Kier alpha value is -2.24. The molecule has 1 aromatic rings. The molecule has 0 fully saturated rings. The van der Waals surface area contributed by atoms with Crippen LogP contribution in [0.2, 0.25) is 0 Å². The molecule has 4 atom stereocenters. The van der Waals surface area contributed by atoms with Crippen molar-refractivity contribution in [2.75, 3.05) is 17.8 Å². The van der Waals surface area contributed by atoms with Crippen LogP contribution in [-0.2, 0) is 25.6 Å². The highest BCUT2D eigenvalue weighted by atomic mass is 32.2. The minimum Gasteiger partial charge on any atom is -0.480 e. The molecule has 4 unspecified atom stereocenters. The fourth-order valence-electron chi connectivity index (χ4n) is 3.19. The van der Waals surface area contributed by atoms with Crippen LogP contribution in [0.3, 0.4) is 0 Å². The van der Waals surface area contributed by atoms with Crippen LogP contribution in [-0.4, -0.2) is 70.7 Å². The number of nitrogens with two attached hydrogens (primary N) is 1. The smallest absolute Gasteiger partial charge is 0.327 e. The lowest BCUT2D eigenvalue weighted by Crippen LogP contribution is -2.58. The largest absolute Gasteiger partial charge is 0.480 e. The zero-order valence-corrected chi connectivity index (χ0v) is 21.5. The summed E-state index contributed by atoms with van der Waals surface area (Å²) in [6.45, 7) is 3.90. The van der Waals surface area contributed by atoms with Gasteiger partial charge in [0.15, 0.2) is 0 Å². The number of carbonyl (C=O) groups is 4. The topological polar surface area (TPSA) is 151 Å². The molecule has 0 aliphatic rings. The van der Waals surface area contributed by atoms with Gasteiger partial charge in [-0.2, -0.15) is 24.4 Å². The van der Waals surface area contributed by atoms with Gasteiger partial charge in [0, 0.05) is 12.2 Å². The van der Waals surface area contributed by atoms with Gasteiger partial charge in [0.25, 0.3) is 0 Å². The predicted octanol–water partition coefficient (Wildman–Crippen LogP) is 0.824. The summed E-state index contributed by atoms with van der Waals surface area (Å²) in [5, 5.41) is 17.1. The van der Waals surface area contributed by atoms with Crippen molar-refractivity contribution in [2.45, 2.75) is 57.3 Å². The van der Waals surface area contributed by atoms with E-state index >= 15 is 0 Å². The number of aliphatic carboxylic acids is 1. The van der Waals surface area contributed by atoms with E-state index in [4.69, 9.17) is 5.73 Å². The molecule has 0 aromatic heterocycles. The van der Waals surface area contributed by atoms with Crippen molar-refractivity contribution in [2.24, 2.45) is 11.7 Å². The van der Waals surface area contributed by atoms with Gasteiger partial charge in [-0.3, -0.25) is 14.4 Å². The molecule has 0 bridgehead atoms. The van der Waals surface area contributed by atoms with E-state index in [1.54, 1.807) is 24.3 Å². The van der Waals surface area contributed by atoms with Gasteiger partial charge in [-0.15, -0.1) is 0 Å². The quantitative estimate of drug-likeness (QED) is 0.190. The number of carboxylic acids is 1. The van der Waals surface area contributed by atoms with Crippen LogP contribution in [0.5, 0.6) is 0 Å². The zero-order valence-electron chi connectivity index (χ0n) is 19.8. The Morgan fingerprint density at radius 3 is 2.06 bits per heavy atom. The van der Waals surface area contributed by atoms with E-state index in [0.29, 0.717) is 18.6 Å². The number of thiol groups is 1. The molecule has 34 heavy (non-hydrogen) atoms. The first-order chi connectivity index (χ1) is 16.1. The van der Waals surface area contributed by atoms with Gasteiger partial charge in [-0.05, 0) is 36.3 Å². The van der Waals surface area contributed by atoms with Crippen LogP contribution in [0.15, 0.2) is 30.3 Å². The lowest BCUT2D eigenvalue weighted by atomic mass is 10.0. The fourth-order valence-corrected chi connectivity index (χ4v) is 3.91. The number of hydrogen-bond acceptors (Lipinski definition) is 7. The van der Waals surface area contributed by atoms with E-state index in [-0.39, 0.29) is 18.1 Å². The van der Waals surface area contributed by atoms with Crippen LogP contribution in [0.1, 0.15) is 32.3 Å².